The van der Waals surface area contributed by atoms with Crippen LogP contribution in [0.25, 0.3) is 22.5 Å². The van der Waals surface area contributed by atoms with Gasteiger partial charge in [0.2, 0.25) is 11.7 Å². The topological polar surface area (TPSA) is 198 Å². The highest BCUT2D eigenvalue weighted by molar-refractivity contribution is 6.17. The number of aromatic amines is 1. The summed E-state index contributed by atoms with van der Waals surface area (Å²) in [6.45, 7) is 6.17. The van der Waals surface area contributed by atoms with Gasteiger partial charge in [-0.1, -0.05) is 24.3 Å². The number of hydrogen-bond donors (Lipinski definition) is 4. The zero-order chi connectivity index (χ0) is 38.3. The number of nitrogens with zero attached hydrogens (tertiary/aromatic N) is 6. The second-order valence-electron chi connectivity index (χ2n) is 15.3. The standard InChI is InChI=1S/C41H52N10O4/c1-26-22-37(39(52)45-32-12-16-33(17-13-32)50-18-20-55-21-19-50)44-25-35(26)29-6-2-27(3-7-29)23-36(43)41(54)51(40(53)31-8-4-28(24-42)5-9-31)34-14-10-30(11-15-34)38-46-48-49-47-38/h2-3,6-7,10-11,14-15,22,25,28,31-33,36H,4-5,8-9,12-13,16-21,23-24,42-43H2,1H3,(H,45,52)(H,46,47,48,49)/t28?,31?,32?,33?,36-/m0/s1. The largest absolute Gasteiger partial charge is 0.379 e. The molecule has 1 saturated heterocycles. The summed E-state index contributed by atoms with van der Waals surface area (Å²) in [4.78, 5) is 49.6. The van der Waals surface area contributed by atoms with Crippen molar-refractivity contribution in [2.24, 2.45) is 23.3 Å². The van der Waals surface area contributed by atoms with Crippen LogP contribution in [0.15, 0.2) is 60.8 Å². The Morgan fingerprint density at radius 2 is 1.64 bits per heavy atom. The van der Waals surface area contributed by atoms with Crippen LogP contribution in [0.3, 0.4) is 0 Å². The summed E-state index contributed by atoms with van der Waals surface area (Å²) in [7, 11) is 0. The third-order valence-corrected chi connectivity index (χ3v) is 11.7. The van der Waals surface area contributed by atoms with E-state index in [4.69, 9.17) is 16.2 Å². The van der Waals surface area contributed by atoms with Crippen LogP contribution in [0.4, 0.5) is 5.69 Å². The predicted molar refractivity (Wildman–Crippen MR) is 209 cm³/mol. The lowest BCUT2D eigenvalue weighted by Crippen LogP contribution is -2.50. The summed E-state index contributed by atoms with van der Waals surface area (Å²) in [5.41, 5.74) is 17.7. The molecule has 0 radical (unpaired) electrons. The molecule has 14 nitrogen and oxygen atoms in total. The number of nitrogens with one attached hydrogen (secondary N) is 2. The highest BCUT2D eigenvalue weighted by Crippen LogP contribution is 2.32. The van der Waals surface area contributed by atoms with E-state index in [1.165, 1.54) is 4.90 Å². The van der Waals surface area contributed by atoms with E-state index in [-0.39, 0.29) is 30.2 Å². The number of carbonyl (C=O) groups excluding carboxylic acids is 3. The third kappa shape index (κ3) is 9.16. The van der Waals surface area contributed by atoms with Crippen LogP contribution in [0.1, 0.15) is 73.0 Å². The summed E-state index contributed by atoms with van der Waals surface area (Å²) < 4.78 is 5.50. The van der Waals surface area contributed by atoms with Gasteiger partial charge in [0.15, 0.2) is 0 Å². The van der Waals surface area contributed by atoms with Gasteiger partial charge in [0.1, 0.15) is 5.69 Å². The Balaban J connectivity index is 0.981. The van der Waals surface area contributed by atoms with Crippen molar-refractivity contribution in [3.05, 3.63) is 77.6 Å². The molecule has 2 aromatic carbocycles. The number of pyridine rings is 1. The molecule has 55 heavy (non-hydrogen) atoms. The number of benzene rings is 2. The number of hydrogen-bond acceptors (Lipinski definition) is 11. The van der Waals surface area contributed by atoms with Gasteiger partial charge >= 0.3 is 0 Å². The molecular formula is C41H52N10O4. The average Bonchev–Trinajstić information content (AvgIpc) is 3.77. The minimum atomic E-state index is -0.956. The van der Waals surface area contributed by atoms with Crippen LogP contribution < -0.4 is 21.7 Å². The molecule has 3 aliphatic rings. The van der Waals surface area contributed by atoms with Gasteiger partial charge in [-0.3, -0.25) is 24.3 Å². The number of rotatable bonds is 11. The van der Waals surface area contributed by atoms with Crippen molar-refractivity contribution in [3.8, 4) is 22.5 Å². The van der Waals surface area contributed by atoms with Crippen molar-refractivity contribution in [1.29, 1.82) is 0 Å². The first-order valence-electron chi connectivity index (χ1n) is 19.6. The minimum Gasteiger partial charge on any atom is -0.379 e. The number of carbonyl (C=O) groups is 3. The maximum absolute atomic E-state index is 14.1. The molecule has 3 amide bonds. The Hall–Kier alpha value is -4.89. The second kappa shape index (κ2) is 17.7. The molecular weight excluding hydrogens is 697 g/mol. The van der Waals surface area contributed by atoms with E-state index in [0.29, 0.717) is 54.1 Å². The summed E-state index contributed by atoms with van der Waals surface area (Å²) in [5, 5.41) is 17.3. The van der Waals surface area contributed by atoms with Gasteiger partial charge in [0.25, 0.3) is 11.8 Å². The van der Waals surface area contributed by atoms with Gasteiger partial charge in [0.05, 0.1) is 24.9 Å². The number of H-pyrrole nitrogens is 1. The first-order chi connectivity index (χ1) is 26.8. The number of aromatic nitrogens is 5. The fourth-order valence-electron chi connectivity index (χ4n) is 8.33. The van der Waals surface area contributed by atoms with Crippen molar-refractivity contribution < 1.29 is 19.1 Å². The fourth-order valence-corrected chi connectivity index (χ4v) is 8.33. The smallest absolute Gasteiger partial charge is 0.270 e. The Bertz CT molecular complexity index is 1900. The Morgan fingerprint density at radius 3 is 2.27 bits per heavy atom. The molecule has 0 spiro atoms. The number of nitrogens with two attached hydrogens (primary N) is 2. The SMILES string of the molecule is Cc1cc(C(=O)NC2CCC(N3CCOCC3)CC2)ncc1-c1ccc(C[C@H](N)C(=O)N(C(=O)C2CCC(CN)CC2)c2ccc(-c3nn[nH]n3)cc2)cc1. The van der Waals surface area contributed by atoms with Gasteiger partial charge in [-0.25, -0.2) is 4.90 Å². The average molecular weight is 749 g/mol. The van der Waals surface area contributed by atoms with Crippen LogP contribution in [0.5, 0.6) is 0 Å². The molecule has 14 heteroatoms. The van der Waals surface area contributed by atoms with Crippen molar-refractivity contribution in [2.75, 3.05) is 37.7 Å². The lowest BCUT2D eigenvalue weighted by atomic mass is 9.81. The molecule has 0 unspecified atom stereocenters. The van der Waals surface area contributed by atoms with Crippen molar-refractivity contribution in [2.45, 2.75) is 82.8 Å². The molecule has 1 atom stereocenters. The number of amides is 3. The number of imide groups is 1. The van der Waals surface area contributed by atoms with Crippen LogP contribution in [0.2, 0.25) is 0 Å². The van der Waals surface area contributed by atoms with Crippen LogP contribution in [0, 0.1) is 18.8 Å². The maximum atomic E-state index is 14.1. The molecule has 290 valence electrons. The van der Waals surface area contributed by atoms with Gasteiger partial charge in [-0.05, 0) is 129 Å². The molecule has 4 aromatic rings. The minimum absolute atomic E-state index is 0.142. The molecule has 2 saturated carbocycles. The van der Waals surface area contributed by atoms with E-state index in [9.17, 15) is 14.4 Å². The zero-order valence-electron chi connectivity index (χ0n) is 31.5. The fraction of sp³-hybridized carbons (Fsp3) is 0.488. The van der Waals surface area contributed by atoms with Crippen molar-refractivity contribution in [3.63, 3.8) is 0 Å². The number of anilines is 1. The number of tetrazole rings is 1. The van der Waals surface area contributed by atoms with Gasteiger partial charge < -0.3 is 21.5 Å². The zero-order valence-corrected chi connectivity index (χ0v) is 31.5. The molecule has 2 aromatic heterocycles. The van der Waals surface area contributed by atoms with E-state index in [2.05, 4.69) is 35.8 Å². The molecule has 6 N–H and O–H groups in total. The monoisotopic (exact) mass is 748 g/mol. The van der Waals surface area contributed by atoms with Crippen molar-refractivity contribution in [1.82, 2.24) is 35.8 Å². The van der Waals surface area contributed by atoms with Crippen molar-refractivity contribution >= 4 is 23.4 Å². The summed E-state index contributed by atoms with van der Waals surface area (Å²) in [6, 6.07) is 16.4. The predicted octanol–water partition coefficient (Wildman–Crippen LogP) is 3.81. The Kier molecular flexibility index (Phi) is 12.4. The first-order valence-corrected chi connectivity index (χ1v) is 19.6. The maximum Gasteiger partial charge on any atom is 0.270 e. The molecule has 3 fully saturated rings. The second-order valence-corrected chi connectivity index (χ2v) is 15.3. The number of aryl methyl sites for hydroxylation is 1. The Morgan fingerprint density at radius 1 is 0.945 bits per heavy atom. The lowest BCUT2D eigenvalue weighted by molar-refractivity contribution is -0.130. The molecule has 1 aliphatic heterocycles. The molecule has 0 bridgehead atoms. The Labute approximate surface area is 321 Å². The number of morpholine rings is 1. The van der Waals surface area contributed by atoms with E-state index >= 15 is 0 Å². The first kappa shape index (κ1) is 38.4. The quantitative estimate of drug-likeness (QED) is 0.174. The van der Waals surface area contributed by atoms with E-state index in [1.54, 1.807) is 30.5 Å². The highest BCUT2D eigenvalue weighted by Gasteiger charge is 2.35. The highest BCUT2D eigenvalue weighted by atomic mass is 16.5. The van der Waals surface area contributed by atoms with Crippen LogP contribution in [-0.4, -0.2) is 99.2 Å². The summed E-state index contributed by atoms with van der Waals surface area (Å²) in [6.07, 6.45) is 9.15. The lowest BCUT2D eigenvalue weighted by Gasteiger charge is -2.38. The van der Waals surface area contributed by atoms with Gasteiger partial charge in [-0.2, -0.15) is 5.21 Å². The van der Waals surface area contributed by atoms with Gasteiger partial charge in [0, 0.05) is 48.4 Å². The third-order valence-electron chi connectivity index (χ3n) is 11.7. The van der Waals surface area contributed by atoms with E-state index in [0.717, 1.165) is 87.1 Å². The van der Waals surface area contributed by atoms with Crippen LogP contribution >= 0.6 is 0 Å². The van der Waals surface area contributed by atoms with Gasteiger partial charge in [-0.15, -0.1) is 10.2 Å². The van der Waals surface area contributed by atoms with Crippen LogP contribution in [-0.2, 0) is 20.7 Å². The summed E-state index contributed by atoms with van der Waals surface area (Å²) >= 11 is 0. The molecule has 2 aliphatic carbocycles. The molecule has 3 heterocycles. The van der Waals surface area contributed by atoms with E-state index < -0.39 is 11.9 Å². The normalized spacial score (nSPS) is 22.5. The molecule has 7 rings (SSSR count). The van der Waals surface area contributed by atoms with E-state index in [1.807, 2.05) is 37.3 Å². The number of ether oxygens (including phenoxy) is 1. The summed E-state index contributed by atoms with van der Waals surface area (Å²) in [5.74, 6) is -0.319.